The molecule has 1 amide bonds. The molecule has 0 aliphatic carbocycles. The van der Waals surface area contributed by atoms with E-state index in [-0.39, 0.29) is 18.6 Å². The van der Waals surface area contributed by atoms with Gasteiger partial charge in [-0.3, -0.25) is 4.79 Å². The summed E-state index contributed by atoms with van der Waals surface area (Å²) in [6.45, 7) is 4.44. The van der Waals surface area contributed by atoms with Gasteiger partial charge in [0, 0.05) is 36.2 Å². The number of para-hydroxylation sites is 1. The van der Waals surface area contributed by atoms with Crippen LogP contribution in [-0.4, -0.2) is 40.9 Å². The van der Waals surface area contributed by atoms with E-state index in [1.54, 1.807) is 0 Å². The largest absolute Gasteiger partial charge is 0.385 e. The van der Waals surface area contributed by atoms with Crippen molar-refractivity contribution in [3.63, 3.8) is 0 Å². The lowest BCUT2D eigenvalue weighted by Crippen LogP contribution is -2.47. The molecule has 1 aliphatic heterocycles. The van der Waals surface area contributed by atoms with Crippen LogP contribution in [0.5, 0.6) is 0 Å². The molecule has 3 rings (SSSR count). The van der Waals surface area contributed by atoms with Gasteiger partial charge in [0.1, 0.15) is 5.60 Å². The Balaban J connectivity index is 1.80. The zero-order valence-corrected chi connectivity index (χ0v) is 12.3. The predicted octanol–water partition coefficient (Wildman–Crippen LogP) is 1.75. The highest BCUT2D eigenvalue weighted by Crippen LogP contribution is 2.26. The Morgan fingerprint density at radius 3 is 3.00 bits per heavy atom. The molecule has 21 heavy (non-hydrogen) atoms. The molecular formula is C16H20N2O3. The van der Waals surface area contributed by atoms with Crippen LogP contribution in [0, 0.1) is 6.92 Å². The molecule has 2 atom stereocenters. The number of carbonyl (C=O) groups is 1. The lowest BCUT2D eigenvalue weighted by molar-refractivity contribution is -0.0251. The fraction of sp³-hybridized carbons (Fsp3) is 0.438. The number of nitrogens with one attached hydrogen (secondary N) is 2. The lowest BCUT2D eigenvalue weighted by Gasteiger charge is -2.26. The quantitative estimate of drug-likeness (QED) is 0.805. The van der Waals surface area contributed by atoms with Crippen LogP contribution >= 0.6 is 0 Å². The number of ether oxygens (including phenoxy) is 1. The van der Waals surface area contributed by atoms with Crippen molar-refractivity contribution in [1.29, 1.82) is 0 Å². The summed E-state index contributed by atoms with van der Waals surface area (Å²) < 4.78 is 5.38. The number of carbonyl (C=O) groups excluding carboxylic acids is 1. The Morgan fingerprint density at radius 1 is 1.52 bits per heavy atom. The van der Waals surface area contributed by atoms with Crippen LogP contribution in [0.25, 0.3) is 10.9 Å². The molecule has 0 bridgehead atoms. The summed E-state index contributed by atoms with van der Waals surface area (Å²) in [5, 5.41) is 14.2. The Hall–Kier alpha value is -1.85. The first-order valence-corrected chi connectivity index (χ1v) is 7.21. The van der Waals surface area contributed by atoms with E-state index in [2.05, 4.69) is 10.3 Å². The van der Waals surface area contributed by atoms with Crippen LogP contribution in [0.3, 0.4) is 0 Å². The normalized spacial score (nSPS) is 25.4. The number of amides is 1. The first kappa shape index (κ1) is 14.1. The zero-order valence-electron chi connectivity index (χ0n) is 12.3. The van der Waals surface area contributed by atoms with Crippen molar-refractivity contribution in [2.24, 2.45) is 0 Å². The van der Waals surface area contributed by atoms with Gasteiger partial charge in [0.15, 0.2) is 0 Å². The van der Waals surface area contributed by atoms with Crippen molar-refractivity contribution in [3.05, 3.63) is 35.5 Å². The second-order valence-corrected chi connectivity index (χ2v) is 5.72. The third-order valence-corrected chi connectivity index (χ3v) is 4.34. The Bertz CT molecular complexity index is 679. The molecule has 0 saturated carbocycles. The third-order valence-electron chi connectivity index (χ3n) is 4.34. The van der Waals surface area contributed by atoms with Crippen molar-refractivity contribution >= 4 is 16.8 Å². The van der Waals surface area contributed by atoms with Gasteiger partial charge in [-0.05, 0) is 19.9 Å². The molecule has 5 heteroatoms. The van der Waals surface area contributed by atoms with E-state index in [1.165, 1.54) is 0 Å². The minimum absolute atomic E-state index is 0.169. The highest BCUT2D eigenvalue weighted by Gasteiger charge is 2.39. The van der Waals surface area contributed by atoms with Gasteiger partial charge < -0.3 is 20.1 Å². The highest BCUT2D eigenvalue weighted by atomic mass is 16.5. The van der Waals surface area contributed by atoms with Gasteiger partial charge in [0.2, 0.25) is 0 Å². The molecule has 1 aliphatic rings. The van der Waals surface area contributed by atoms with Crippen LogP contribution in [0.4, 0.5) is 0 Å². The van der Waals surface area contributed by atoms with E-state index in [4.69, 9.17) is 4.74 Å². The number of fused-ring (bicyclic) bond motifs is 1. The first-order valence-electron chi connectivity index (χ1n) is 7.21. The molecular weight excluding hydrogens is 268 g/mol. The van der Waals surface area contributed by atoms with Crippen molar-refractivity contribution < 1.29 is 14.6 Å². The van der Waals surface area contributed by atoms with E-state index in [9.17, 15) is 9.90 Å². The molecule has 1 fully saturated rings. The van der Waals surface area contributed by atoms with Gasteiger partial charge in [-0.15, -0.1) is 0 Å². The molecule has 1 aromatic heterocycles. The third kappa shape index (κ3) is 2.43. The number of hydrogen-bond donors (Lipinski definition) is 3. The standard InChI is InChI=1S/C16H20N2O3/c1-10-14(12-5-3-4-6-13(12)18-10)15(19)17-9-16(20)7-8-21-11(16)2/h3-6,11,18,20H,7-9H2,1-2H3,(H,17,19). The average Bonchev–Trinajstić information content (AvgIpc) is 2.96. The number of rotatable bonds is 3. The minimum Gasteiger partial charge on any atom is -0.385 e. The van der Waals surface area contributed by atoms with Gasteiger partial charge in [0.05, 0.1) is 11.7 Å². The lowest BCUT2D eigenvalue weighted by atomic mass is 9.96. The second kappa shape index (κ2) is 5.16. The first-order chi connectivity index (χ1) is 10.0. The Morgan fingerprint density at radius 2 is 2.29 bits per heavy atom. The van der Waals surface area contributed by atoms with E-state index >= 15 is 0 Å². The van der Waals surface area contributed by atoms with Crippen molar-refractivity contribution in [1.82, 2.24) is 10.3 Å². The van der Waals surface area contributed by atoms with Crippen LogP contribution in [0.15, 0.2) is 24.3 Å². The Labute approximate surface area is 123 Å². The summed E-state index contributed by atoms with van der Waals surface area (Å²) in [7, 11) is 0. The summed E-state index contributed by atoms with van der Waals surface area (Å²) >= 11 is 0. The summed E-state index contributed by atoms with van der Waals surface area (Å²) in [4.78, 5) is 15.7. The molecule has 1 saturated heterocycles. The van der Waals surface area contributed by atoms with Gasteiger partial charge in [-0.25, -0.2) is 0 Å². The number of aromatic nitrogens is 1. The molecule has 2 heterocycles. The molecule has 112 valence electrons. The fourth-order valence-corrected chi connectivity index (χ4v) is 2.89. The molecule has 3 N–H and O–H groups in total. The van der Waals surface area contributed by atoms with Crippen LogP contribution < -0.4 is 5.32 Å². The smallest absolute Gasteiger partial charge is 0.253 e. The molecule has 1 aromatic carbocycles. The topological polar surface area (TPSA) is 74.4 Å². The maximum Gasteiger partial charge on any atom is 0.253 e. The number of benzene rings is 1. The fourth-order valence-electron chi connectivity index (χ4n) is 2.89. The number of hydrogen-bond acceptors (Lipinski definition) is 3. The van der Waals surface area contributed by atoms with E-state index in [0.29, 0.717) is 18.6 Å². The van der Waals surface area contributed by atoms with E-state index in [0.717, 1.165) is 16.6 Å². The van der Waals surface area contributed by atoms with E-state index in [1.807, 2.05) is 38.1 Å². The number of aliphatic hydroxyl groups is 1. The molecule has 0 spiro atoms. The van der Waals surface area contributed by atoms with Crippen molar-refractivity contribution in [2.75, 3.05) is 13.2 Å². The number of H-pyrrole nitrogens is 1. The van der Waals surface area contributed by atoms with Gasteiger partial charge in [-0.2, -0.15) is 0 Å². The van der Waals surface area contributed by atoms with Gasteiger partial charge in [0.25, 0.3) is 5.91 Å². The molecule has 0 radical (unpaired) electrons. The van der Waals surface area contributed by atoms with E-state index < -0.39 is 5.60 Å². The monoisotopic (exact) mass is 288 g/mol. The SMILES string of the molecule is Cc1[nH]c2ccccc2c1C(=O)NCC1(O)CCOC1C. The number of aromatic amines is 1. The van der Waals surface area contributed by atoms with Crippen LogP contribution in [0.2, 0.25) is 0 Å². The minimum atomic E-state index is -0.977. The van der Waals surface area contributed by atoms with Gasteiger partial charge >= 0.3 is 0 Å². The second-order valence-electron chi connectivity index (χ2n) is 5.72. The zero-order chi connectivity index (χ0) is 15.0. The Kier molecular flexibility index (Phi) is 3.47. The number of aryl methyl sites for hydroxylation is 1. The molecule has 2 aromatic rings. The van der Waals surface area contributed by atoms with Crippen molar-refractivity contribution in [2.45, 2.75) is 32.0 Å². The average molecular weight is 288 g/mol. The highest BCUT2D eigenvalue weighted by molar-refractivity contribution is 6.08. The molecule has 5 nitrogen and oxygen atoms in total. The van der Waals surface area contributed by atoms with Crippen LogP contribution in [0.1, 0.15) is 29.4 Å². The maximum absolute atomic E-state index is 12.5. The summed E-state index contributed by atoms with van der Waals surface area (Å²) in [6, 6.07) is 7.70. The summed E-state index contributed by atoms with van der Waals surface area (Å²) in [5.41, 5.74) is 1.43. The predicted molar refractivity (Wildman–Crippen MR) is 80.3 cm³/mol. The maximum atomic E-state index is 12.5. The van der Waals surface area contributed by atoms with Crippen LogP contribution in [-0.2, 0) is 4.74 Å². The summed E-state index contributed by atoms with van der Waals surface area (Å²) in [6.07, 6.45) is 0.281. The summed E-state index contributed by atoms with van der Waals surface area (Å²) in [5.74, 6) is -0.169. The van der Waals surface area contributed by atoms with Gasteiger partial charge in [-0.1, -0.05) is 18.2 Å². The van der Waals surface area contributed by atoms with Crippen molar-refractivity contribution in [3.8, 4) is 0 Å². The molecule has 2 unspecified atom stereocenters.